The van der Waals surface area contributed by atoms with E-state index in [-0.39, 0.29) is 29.5 Å². The molecule has 1 heterocycles. The third kappa shape index (κ3) is 4.62. The molecular formula is C26H31FN4O3. The molecule has 3 N–H and O–H groups in total. The minimum absolute atomic E-state index is 0.0366. The van der Waals surface area contributed by atoms with Crippen molar-refractivity contribution in [3.05, 3.63) is 47.3 Å². The number of carbonyl (C=O) groups is 3. The second-order valence-corrected chi connectivity index (χ2v) is 9.20. The summed E-state index contributed by atoms with van der Waals surface area (Å²) in [7, 11) is 3.28. The van der Waals surface area contributed by atoms with E-state index in [1.54, 1.807) is 24.1 Å². The Hall–Kier alpha value is -3.42. The van der Waals surface area contributed by atoms with Crippen LogP contribution in [0.15, 0.2) is 41.8 Å². The van der Waals surface area contributed by atoms with E-state index < -0.39 is 11.7 Å². The molecular weight excluding hydrogens is 435 g/mol. The van der Waals surface area contributed by atoms with Crippen molar-refractivity contribution in [2.75, 3.05) is 24.3 Å². The minimum Gasteiger partial charge on any atom is -0.355 e. The molecule has 2 aliphatic rings. The van der Waals surface area contributed by atoms with E-state index in [9.17, 15) is 18.8 Å². The molecule has 1 aromatic carbocycles. The number of nitrogens with one attached hydrogen (secondary N) is 3. The van der Waals surface area contributed by atoms with Gasteiger partial charge in [-0.05, 0) is 55.5 Å². The van der Waals surface area contributed by atoms with E-state index >= 15 is 0 Å². The van der Waals surface area contributed by atoms with Gasteiger partial charge in [-0.3, -0.25) is 14.4 Å². The Morgan fingerprint density at radius 2 is 1.85 bits per heavy atom. The number of nitrogens with zero attached hydrogens (tertiary/aromatic N) is 1. The first kappa shape index (κ1) is 23.7. The average molecular weight is 467 g/mol. The highest BCUT2D eigenvalue weighted by Gasteiger charge is 2.27. The lowest BCUT2D eigenvalue weighted by Gasteiger charge is -2.26. The smallest absolute Gasteiger partial charge is 0.255 e. The summed E-state index contributed by atoms with van der Waals surface area (Å²) in [6, 6.07) is 5.39. The molecule has 34 heavy (non-hydrogen) atoms. The minimum atomic E-state index is -0.461. The number of benzene rings is 1. The fourth-order valence-corrected chi connectivity index (χ4v) is 4.84. The predicted molar refractivity (Wildman–Crippen MR) is 131 cm³/mol. The van der Waals surface area contributed by atoms with Crippen LogP contribution in [-0.2, 0) is 9.59 Å². The molecule has 8 heteroatoms. The lowest BCUT2D eigenvalue weighted by atomic mass is 9.88. The quantitative estimate of drug-likeness (QED) is 0.589. The maximum Gasteiger partial charge on any atom is 0.255 e. The molecule has 1 saturated carbocycles. The van der Waals surface area contributed by atoms with E-state index in [1.165, 1.54) is 25.6 Å². The summed E-state index contributed by atoms with van der Waals surface area (Å²) in [5.41, 5.74) is 1.94. The first-order chi connectivity index (χ1) is 16.3. The second kappa shape index (κ2) is 9.83. The lowest BCUT2D eigenvalue weighted by molar-refractivity contribution is -0.123. The Morgan fingerprint density at radius 3 is 2.56 bits per heavy atom. The molecule has 3 amide bonds. The van der Waals surface area contributed by atoms with Crippen LogP contribution in [0.2, 0.25) is 0 Å². The predicted octanol–water partition coefficient (Wildman–Crippen LogP) is 4.83. The van der Waals surface area contributed by atoms with Gasteiger partial charge in [0.25, 0.3) is 11.8 Å². The molecule has 0 spiro atoms. The number of aromatic amines is 1. The lowest BCUT2D eigenvalue weighted by Crippen LogP contribution is -2.33. The number of aromatic nitrogens is 1. The van der Waals surface area contributed by atoms with Crippen LogP contribution in [0.25, 0.3) is 10.9 Å². The Morgan fingerprint density at radius 1 is 1.12 bits per heavy atom. The number of halogens is 1. The molecule has 0 saturated heterocycles. The third-order valence-corrected chi connectivity index (χ3v) is 6.90. The zero-order valence-electron chi connectivity index (χ0n) is 19.8. The molecule has 1 atom stereocenters. The van der Waals surface area contributed by atoms with Gasteiger partial charge in [0, 0.05) is 42.2 Å². The number of anilines is 2. The highest BCUT2D eigenvalue weighted by Crippen LogP contribution is 2.33. The number of allylic oxidation sites excluding steroid dienone is 3. The van der Waals surface area contributed by atoms with Crippen molar-refractivity contribution in [2.24, 2.45) is 11.8 Å². The summed E-state index contributed by atoms with van der Waals surface area (Å²) in [6.07, 6.45) is 8.27. The van der Waals surface area contributed by atoms with E-state index in [4.69, 9.17) is 0 Å². The van der Waals surface area contributed by atoms with Crippen LogP contribution >= 0.6 is 0 Å². The van der Waals surface area contributed by atoms with Gasteiger partial charge in [0.2, 0.25) is 5.91 Å². The molecule has 2 aromatic rings. The third-order valence-electron chi connectivity index (χ3n) is 6.90. The van der Waals surface area contributed by atoms with Gasteiger partial charge in [-0.15, -0.1) is 0 Å². The summed E-state index contributed by atoms with van der Waals surface area (Å²) in [4.78, 5) is 43.4. The van der Waals surface area contributed by atoms with Crippen LogP contribution < -0.4 is 15.5 Å². The number of fused-ring (bicyclic) bond motifs is 1. The van der Waals surface area contributed by atoms with Crippen LogP contribution in [-0.4, -0.2) is 36.8 Å². The van der Waals surface area contributed by atoms with Crippen molar-refractivity contribution in [3.63, 3.8) is 0 Å². The van der Waals surface area contributed by atoms with Crippen molar-refractivity contribution < 1.29 is 18.8 Å². The van der Waals surface area contributed by atoms with Gasteiger partial charge in [-0.1, -0.05) is 26.2 Å². The van der Waals surface area contributed by atoms with Gasteiger partial charge >= 0.3 is 0 Å². The summed E-state index contributed by atoms with van der Waals surface area (Å²) in [6.45, 7) is 1.85. The molecule has 1 fully saturated rings. The molecule has 7 nitrogen and oxygen atoms in total. The molecule has 0 radical (unpaired) electrons. The highest BCUT2D eigenvalue weighted by atomic mass is 19.1. The van der Waals surface area contributed by atoms with Gasteiger partial charge < -0.3 is 20.5 Å². The van der Waals surface area contributed by atoms with Crippen molar-refractivity contribution in [1.82, 2.24) is 10.3 Å². The topological polar surface area (TPSA) is 94.3 Å². The Labute approximate surface area is 198 Å². The number of rotatable bonds is 5. The molecule has 4 rings (SSSR count). The van der Waals surface area contributed by atoms with Crippen LogP contribution in [0, 0.1) is 11.8 Å². The van der Waals surface area contributed by atoms with Crippen LogP contribution in [0.4, 0.5) is 15.9 Å². The zero-order chi connectivity index (χ0) is 24.4. The standard InChI is InChI=1S/C26H31FN4O3/c1-15-9-10-17(27)13-20(15)24(32)30-23-22(25(33)28-2)19-12-11-18(14-21(19)29-23)31(3)26(34)16-7-5-4-6-8-16/h10-16,29H,4-9H2,1-3H3,(H,28,33)(H,30,32). The molecule has 180 valence electrons. The fourth-order valence-electron chi connectivity index (χ4n) is 4.84. The molecule has 0 bridgehead atoms. The normalized spacial score (nSPS) is 18.8. The van der Waals surface area contributed by atoms with Gasteiger partial charge in [0.15, 0.2) is 0 Å². The van der Waals surface area contributed by atoms with Gasteiger partial charge in [0.05, 0.1) is 5.56 Å². The molecule has 1 unspecified atom stereocenters. The van der Waals surface area contributed by atoms with Gasteiger partial charge in [-0.2, -0.15) is 0 Å². The molecule has 0 aliphatic heterocycles. The number of hydrogen-bond acceptors (Lipinski definition) is 3. The second-order valence-electron chi connectivity index (χ2n) is 9.20. The molecule has 2 aliphatic carbocycles. The van der Waals surface area contributed by atoms with Crippen LogP contribution in [0.3, 0.4) is 0 Å². The number of hydrogen-bond donors (Lipinski definition) is 3. The fraction of sp³-hybridized carbons (Fsp3) is 0.423. The summed E-state index contributed by atoms with van der Waals surface area (Å²) in [5.74, 6) is -1.04. The Kier molecular flexibility index (Phi) is 6.86. The monoisotopic (exact) mass is 466 g/mol. The van der Waals surface area contributed by atoms with Crippen LogP contribution in [0.5, 0.6) is 0 Å². The van der Waals surface area contributed by atoms with Gasteiger partial charge in [0.1, 0.15) is 11.6 Å². The SMILES string of the molecule is CNC(=O)c1c(NC(=O)C2=CC(F)=CCC2C)[nH]c2cc(N(C)C(=O)C3CCCCC3)ccc12. The Bertz CT molecular complexity index is 1190. The van der Waals surface area contributed by atoms with Crippen molar-refractivity contribution >= 4 is 40.1 Å². The van der Waals surface area contributed by atoms with Crippen LogP contribution in [0.1, 0.15) is 55.8 Å². The number of carbonyl (C=O) groups excluding carboxylic acids is 3. The van der Waals surface area contributed by atoms with E-state index in [0.29, 0.717) is 34.1 Å². The van der Waals surface area contributed by atoms with E-state index in [0.717, 1.165) is 25.7 Å². The first-order valence-corrected chi connectivity index (χ1v) is 11.8. The van der Waals surface area contributed by atoms with Crippen molar-refractivity contribution in [3.8, 4) is 0 Å². The highest BCUT2D eigenvalue weighted by molar-refractivity contribution is 6.16. The van der Waals surface area contributed by atoms with Crippen molar-refractivity contribution in [1.29, 1.82) is 0 Å². The number of H-pyrrole nitrogens is 1. The van der Waals surface area contributed by atoms with E-state index in [2.05, 4.69) is 15.6 Å². The maximum absolute atomic E-state index is 13.8. The van der Waals surface area contributed by atoms with E-state index in [1.807, 2.05) is 13.0 Å². The first-order valence-electron chi connectivity index (χ1n) is 11.8. The summed E-state index contributed by atoms with van der Waals surface area (Å²) < 4.78 is 13.8. The summed E-state index contributed by atoms with van der Waals surface area (Å²) >= 11 is 0. The Balaban J connectivity index is 1.66. The van der Waals surface area contributed by atoms with Crippen molar-refractivity contribution in [2.45, 2.75) is 45.4 Å². The van der Waals surface area contributed by atoms with Gasteiger partial charge in [-0.25, -0.2) is 4.39 Å². The average Bonchev–Trinajstić information content (AvgIpc) is 3.21. The summed E-state index contributed by atoms with van der Waals surface area (Å²) in [5, 5.41) is 5.99. The largest absolute Gasteiger partial charge is 0.355 e. The zero-order valence-corrected chi connectivity index (χ0v) is 19.8. The molecule has 1 aromatic heterocycles. The maximum atomic E-state index is 13.8. The number of amides is 3.